The summed E-state index contributed by atoms with van der Waals surface area (Å²) in [6, 6.07) is 9.32. The highest BCUT2D eigenvalue weighted by molar-refractivity contribution is 5.76. The van der Waals surface area contributed by atoms with Gasteiger partial charge in [0, 0.05) is 18.5 Å². The van der Waals surface area contributed by atoms with Crippen molar-refractivity contribution in [3.8, 4) is 5.75 Å². The summed E-state index contributed by atoms with van der Waals surface area (Å²) in [5.74, 6) is 1.57. The predicted molar refractivity (Wildman–Crippen MR) is 91.6 cm³/mol. The summed E-state index contributed by atoms with van der Waals surface area (Å²) >= 11 is 0. The van der Waals surface area contributed by atoms with E-state index in [0.29, 0.717) is 31.0 Å². The van der Waals surface area contributed by atoms with Gasteiger partial charge in [-0.05, 0) is 63.1 Å². The standard InChI is InChI=1S/C19H28N2O2/c1-13-4-3-5-18(8-13)23-12-14(2)20-19(22)11-15-9-16-6-7-17(10-15)21-16/h3-5,8,14-17,21H,6-7,9-12H2,1-2H3,(H,20,22). The molecule has 2 bridgehead atoms. The zero-order chi connectivity index (χ0) is 16.2. The lowest BCUT2D eigenvalue weighted by molar-refractivity contribution is -0.123. The van der Waals surface area contributed by atoms with E-state index in [1.165, 1.54) is 18.4 Å². The van der Waals surface area contributed by atoms with Crippen LogP contribution in [0.2, 0.25) is 0 Å². The van der Waals surface area contributed by atoms with Crippen LogP contribution in [0.15, 0.2) is 24.3 Å². The van der Waals surface area contributed by atoms with E-state index in [1.54, 1.807) is 0 Å². The number of hydrogen-bond acceptors (Lipinski definition) is 3. The minimum atomic E-state index is 0.0291. The number of benzene rings is 1. The summed E-state index contributed by atoms with van der Waals surface area (Å²) in [5, 5.41) is 6.70. The lowest BCUT2D eigenvalue weighted by atomic mass is 9.89. The van der Waals surface area contributed by atoms with Gasteiger partial charge in [0.25, 0.3) is 0 Å². The van der Waals surface area contributed by atoms with Gasteiger partial charge >= 0.3 is 0 Å². The predicted octanol–water partition coefficient (Wildman–Crippen LogP) is 2.80. The highest BCUT2D eigenvalue weighted by Gasteiger charge is 2.34. The molecule has 3 unspecified atom stereocenters. The van der Waals surface area contributed by atoms with E-state index < -0.39 is 0 Å². The lowest BCUT2D eigenvalue weighted by Crippen LogP contribution is -2.41. The average Bonchev–Trinajstić information content (AvgIpc) is 2.84. The molecule has 0 saturated carbocycles. The zero-order valence-corrected chi connectivity index (χ0v) is 14.2. The van der Waals surface area contributed by atoms with Gasteiger partial charge < -0.3 is 15.4 Å². The smallest absolute Gasteiger partial charge is 0.220 e. The van der Waals surface area contributed by atoms with Crippen molar-refractivity contribution in [2.45, 2.75) is 64.1 Å². The summed E-state index contributed by atoms with van der Waals surface area (Å²) in [4.78, 5) is 12.2. The van der Waals surface area contributed by atoms with E-state index in [1.807, 2.05) is 38.1 Å². The molecule has 2 heterocycles. The minimum absolute atomic E-state index is 0.0291. The Labute approximate surface area is 139 Å². The first-order valence-corrected chi connectivity index (χ1v) is 8.83. The van der Waals surface area contributed by atoms with Gasteiger partial charge in [-0.2, -0.15) is 0 Å². The van der Waals surface area contributed by atoms with Gasteiger partial charge in [-0.3, -0.25) is 4.79 Å². The van der Waals surface area contributed by atoms with Crippen LogP contribution in [0.5, 0.6) is 5.75 Å². The van der Waals surface area contributed by atoms with E-state index in [-0.39, 0.29) is 11.9 Å². The van der Waals surface area contributed by atoms with Gasteiger partial charge in [-0.1, -0.05) is 12.1 Å². The van der Waals surface area contributed by atoms with Crippen LogP contribution in [-0.2, 0) is 4.79 Å². The van der Waals surface area contributed by atoms with Crippen LogP contribution in [0.1, 0.15) is 44.6 Å². The van der Waals surface area contributed by atoms with Crippen LogP contribution >= 0.6 is 0 Å². The number of nitrogens with one attached hydrogen (secondary N) is 2. The maximum absolute atomic E-state index is 12.2. The summed E-state index contributed by atoms with van der Waals surface area (Å²) in [5.41, 5.74) is 1.18. The van der Waals surface area contributed by atoms with E-state index >= 15 is 0 Å². The van der Waals surface area contributed by atoms with Gasteiger partial charge in [0.05, 0.1) is 6.04 Å². The molecule has 1 aromatic carbocycles. The van der Waals surface area contributed by atoms with Crippen molar-refractivity contribution in [2.24, 2.45) is 5.92 Å². The third-order valence-corrected chi connectivity index (χ3v) is 4.94. The lowest BCUT2D eigenvalue weighted by Gasteiger charge is -2.29. The normalized spacial score (nSPS) is 27.5. The molecule has 1 aromatic rings. The molecule has 4 nitrogen and oxygen atoms in total. The van der Waals surface area contributed by atoms with E-state index in [4.69, 9.17) is 4.74 Å². The highest BCUT2D eigenvalue weighted by Crippen LogP contribution is 2.32. The molecule has 3 atom stereocenters. The average molecular weight is 316 g/mol. The van der Waals surface area contributed by atoms with Gasteiger partial charge in [-0.25, -0.2) is 0 Å². The number of ether oxygens (including phenoxy) is 1. The van der Waals surface area contributed by atoms with Crippen molar-refractivity contribution in [2.75, 3.05) is 6.61 Å². The molecule has 3 rings (SSSR count). The second kappa shape index (κ2) is 7.35. The molecule has 2 aliphatic rings. The molecule has 2 saturated heterocycles. The second-order valence-electron chi connectivity index (χ2n) is 7.28. The summed E-state index contributed by atoms with van der Waals surface area (Å²) < 4.78 is 5.76. The molecule has 4 heteroatoms. The Balaban J connectivity index is 1.39. The minimum Gasteiger partial charge on any atom is -0.491 e. The summed E-state index contributed by atoms with van der Waals surface area (Å²) in [7, 11) is 0. The number of aryl methyl sites for hydroxylation is 1. The number of carbonyl (C=O) groups excluding carboxylic acids is 1. The molecule has 0 aliphatic carbocycles. The summed E-state index contributed by atoms with van der Waals surface area (Å²) in [6.45, 7) is 4.55. The molecule has 23 heavy (non-hydrogen) atoms. The fourth-order valence-corrected chi connectivity index (χ4v) is 3.91. The monoisotopic (exact) mass is 316 g/mol. The Hall–Kier alpha value is -1.55. The fraction of sp³-hybridized carbons (Fsp3) is 0.632. The first-order chi connectivity index (χ1) is 11.1. The largest absolute Gasteiger partial charge is 0.491 e. The van der Waals surface area contributed by atoms with Crippen LogP contribution in [0, 0.1) is 12.8 Å². The number of rotatable bonds is 6. The molecule has 0 radical (unpaired) electrons. The van der Waals surface area contributed by atoms with Crippen molar-refractivity contribution >= 4 is 5.91 Å². The van der Waals surface area contributed by atoms with Gasteiger partial charge in [0.2, 0.25) is 5.91 Å². The van der Waals surface area contributed by atoms with Crippen LogP contribution in [0.4, 0.5) is 0 Å². The first-order valence-electron chi connectivity index (χ1n) is 8.83. The Kier molecular flexibility index (Phi) is 5.21. The Morgan fingerprint density at radius 1 is 1.35 bits per heavy atom. The van der Waals surface area contributed by atoms with Crippen LogP contribution < -0.4 is 15.4 Å². The molecular formula is C19H28N2O2. The van der Waals surface area contributed by atoms with Crippen molar-refractivity contribution in [1.82, 2.24) is 10.6 Å². The molecule has 126 valence electrons. The number of amides is 1. The molecule has 0 spiro atoms. The van der Waals surface area contributed by atoms with Gasteiger partial charge in [0.1, 0.15) is 12.4 Å². The maximum Gasteiger partial charge on any atom is 0.220 e. The van der Waals surface area contributed by atoms with Crippen molar-refractivity contribution in [1.29, 1.82) is 0 Å². The Morgan fingerprint density at radius 2 is 2.09 bits per heavy atom. The highest BCUT2D eigenvalue weighted by atomic mass is 16.5. The molecule has 2 N–H and O–H groups in total. The Morgan fingerprint density at radius 3 is 2.78 bits per heavy atom. The van der Waals surface area contributed by atoms with Gasteiger partial charge in [0.15, 0.2) is 0 Å². The zero-order valence-electron chi connectivity index (χ0n) is 14.2. The summed E-state index contributed by atoms with van der Waals surface area (Å²) in [6.07, 6.45) is 5.52. The SMILES string of the molecule is Cc1cccc(OCC(C)NC(=O)CC2CC3CCC(C2)N3)c1. The quantitative estimate of drug-likeness (QED) is 0.848. The molecule has 2 fully saturated rings. The fourth-order valence-electron chi connectivity index (χ4n) is 3.91. The van der Waals surface area contributed by atoms with Crippen molar-refractivity contribution < 1.29 is 9.53 Å². The molecular weight excluding hydrogens is 288 g/mol. The number of piperidine rings is 1. The number of carbonyl (C=O) groups is 1. The van der Waals surface area contributed by atoms with Crippen LogP contribution in [-0.4, -0.2) is 30.6 Å². The molecule has 2 aliphatic heterocycles. The van der Waals surface area contributed by atoms with E-state index in [2.05, 4.69) is 10.6 Å². The first kappa shape index (κ1) is 16.3. The van der Waals surface area contributed by atoms with E-state index in [9.17, 15) is 4.79 Å². The second-order valence-corrected chi connectivity index (χ2v) is 7.28. The van der Waals surface area contributed by atoms with Crippen LogP contribution in [0.25, 0.3) is 0 Å². The number of hydrogen-bond donors (Lipinski definition) is 2. The van der Waals surface area contributed by atoms with Crippen molar-refractivity contribution in [3.05, 3.63) is 29.8 Å². The third kappa shape index (κ3) is 4.71. The third-order valence-electron chi connectivity index (χ3n) is 4.94. The van der Waals surface area contributed by atoms with Gasteiger partial charge in [-0.15, -0.1) is 0 Å². The maximum atomic E-state index is 12.2. The number of fused-ring (bicyclic) bond motifs is 2. The van der Waals surface area contributed by atoms with Crippen molar-refractivity contribution in [3.63, 3.8) is 0 Å². The topological polar surface area (TPSA) is 50.4 Å². The molecule has 0 aromatic heterocycles. The van der Waals surface area contributed by atoms with Crippen LogP contribution in [0.3, 0.4) is 0 Å². The molecule has 1 amide bonds. The van der Waals surface area contributed by atoms with E-state index in [0.717, 1.165) is 18.6 Å². The Bertz CT molecular complexity index is 534.